The van der Waals surface area contributed by atoms with Crippen LogP contribution in [0.2, 0.25) is 0 Å². The minimum Gasteiger partial charge on any atom is -0.461 e. The first kappa shape index (κ1) is 21.2. The molecule has 0 spiro atoms. The van der Waals surface area contributed by atoms with E-state index in [0.717, 1.165) is 22.8 Å². The van der Waals surface area contributed by atoms with E-state index < -0.39 is 17.3 Å². The van der Waals surface area contributed by atoms with Gasteiger partial charge in [-0.3, -0.25) is 0 Å². The molecular weight excluding hydrogens is 403 g/mol. The van der Waals surface area contributed by atoms with Crippen molar-refractivity contribution >= 4 is 12.0 Å². The van der Waals surface area contributed by atoms with Crippen LogP contribution in [-0.4, -0.2) is 22.1 Å². The lowest BCUT2D eigenvalue weighted by atomic mass is 9.77. The molecule has 0 aliphatic rings. The Morgan fingerprint density at radius 1 is 0.906 bits per heavy atom. The van der Waals surface area contributed by atoms with E-state index in [9.17, 15) is 9.18 Å². The Labute approximate surface area is 186 Å². The smallest absolute Gasteiger partial charge is 0.367 e. The number of imidazole rings is 1. The van der Waals surface area contributed by atoms with Crippen molar-refractivity contribution in [3.63, 3.8) is 0 Å². The van der Waals surface area contributed by atoms with Gasteiger partial charge in [-0.1, -0.05) is 91.0 Å². The third kappa shape index (κ3) is 3.97. The topological polar surface area (TPSA) is 44.1 Å². The van der Waals surface area contributed by atoms with Crippen molar-refractivity contribution in [1.82, 2.24) is 9.55 Å². The fraction of sp³-hybridized carbons (Fsp3) is 0.111. The van der Waals surface area contributed by atoms with Crippen LogP contribution in [-0.2, 0) is 15.1 Å². The number of carbonyl (C=O) groups is 1. The summed E-state index contributed by atoms with van der Waals surface area (Å²) in [4.78, 5) is 16.1. The molecule has 0 saturated carbocycles. The summed E-state index contributed by atoms with van der Waals surface area (Å²) >= 11 is 0. The van der Waals surface area contributed by atoms with E-state index in [4.69, 9.17) is 4.74 Å². The van der Waals surface area contributed by atoms with Crippen LogP contribution in [0.5, 0.6) is 0 Å². The normalized spacial score (nSPS) is 11.9. The van der Waals surface area contributed by atoms with Crippen molar-refractivity contribution in [1.29, 1.82) is 0 Å². The lowest BCUT2D eigenvalue weighted by Gasteiger charge is -2.37. The van der Waals surface area contributed by atoms with Crippen LogP contribution in [0.25, 0.3) is 6.08 Å². The molecule has 4 aromatic rings. The second-order valence-corrected chi connectivity index (χ2v) is 7.23. The van der Waals surface area contributed by atoms with E-state index in [1.807, 2.05) is 59.2 Å². The minimum atomic E-state index is -0.998. The molecule has 1 heterocycles. The SMILES string of the molecule is CCOC(=O)/C(F)=C\c1cn(C(c2ccccc2)(c2ccccc2)c2ccccc2)cn1. The number of nitrogens with zero attached hydrogens (tertiary/aromatic N) is 2. The van der Waals surface area contributed by atoms with Crippen molar-refractivity contribution in [2.75, 3.05) is 6.61 Å². The van der Waals surface area contributed by atoms with Crippen LogP contribution in [0.1, 0.15) is 29.3 Å². The molecule has 0 N–H and O–H groups in total. The van der Waals surface area contributed by atoms with E-state index in [0.29, 0.717) is 5.69 Å². The predicted molar refractivity (Wildman–Crippen MR) is 123 cm³/mol. The second kappa shape index (κ2) is 9.43. The Hall–Kier alpha value is -3.99. The first-order valence-electron chi connectivity index (χ1n) is 10.4. The van der Waals surface area contributed by atoms with Gasteiger partial charge in [-0.15, -0.1) is 0 Å². The zero-order valence-electron chi connectivity index (χ0n) is 17.7. The first-order chi connectivity index (χ1) is 15.7. The zero-order chi connectivity index (χ0) is 22.4. The Balaban J connectivity index is 1.95. The Kier molecular flexibility index (Phi) is 6.26. The minimum absolute atomic E-state index is 0.105. The molecule has 4 rings (SSSR count). The number of benzene rings is 3. The summed E-state index contributed by atoms with van der Waals surface area (Å²) in [5.74, 6) is -1.98. The summed E-state index contributed by atoms with van der Waals surface area (Å²) in [6, 6.07) is 30.3. The van der Waals surface area contributed by atoms with Gasteiger partial charge in [0.05, 0.1) is 18.6 Å². The molecule has 1 aromatic heterocycles. The highest BCUT2D eigenvalue weighted by Gasteiger charge is 2.38. The van der Waals surface area contributed by atoms with Gasteiger partial charge in [0.15, 0.2) is 0 Å². The lowest BCUT2D eigenvalue weighted by molar-refractivity contribution is -0.140. The van der Waals surface area contributed by atoms with Crippen molar-refractivity contribution in [2.24, 2.45) is 0 Å². The monoisotopic (exact) mass is 426 g/mol. The van der Waals surface area contributed by atoms with E-state index in [2.05, 4.69) is 41.4 Å². The molecule has 0 amide bonds. The number of aromatic nitrogens is 2. The Bertz CT molecular complexity index is 1110. The predicted octanol–water partition coefficient (Wildman–Crippen LogP) is 5.60. The zero-order valence-corrected chi connectivity index (χ0v) is 17.7. The number of carbonyl (C=O) groups excluding carboxylic acids is 1. The molecule has 0 aliphatic carbocycles. The number of esters is 1. The van der Waals surface area contributed by atoms with Gasteiger partial charge in [0.1, 0.15) is 5.54 Å². The van der Waals surface area contributed by atoms with Gasteiger partial charge in [-0.25, -0.2) is 9.78 Å². The van der Waals surface area contributed by atoms with Crippen LogP contribution in [0.15, 0.2) is 109 Å². The number of hydrogen-bond acceptors (Lipinski definition) is 3. The van der Waals surface area contributed by atoms with Gasteiger partial charge in [-0.05, 0) is 23.6 Å². The number of ether oxygens (including phenoxy) is 1. The molecular formula is C27H23FN2O2. The van der Waals surface area contributed by atoms with Gasteiger partial charge in [0, 0.05) is 12.3 Å². The maximum absolute atomic E-state index is 14.3. The Morgan fingerprint density at radius 2 is 1.38 bits per heavy atom. The quantitative estimate of drug-likeness (QED) is 0.220. The molecule has 0 radical (unpaired) electrons. The standard InChI is InChI=1S/C27H23FN2O2/c1-2-32-26(31)25(28)18-24-19-30(20-29-24)27(21-12-6-3-7-13-21,22-14-8-4-9-15-22)23-16-10-5-11-17-23/h3-20H,2H2,1H3/b25-18+. The van der Waals surface area contributed by atoms with E-state index in [1.54, 1.807) is 19.4 Å². The molecule has 32 heavy (non-hydrogen) atoms. The first-order valence-corrected chi connectivity index (χ1v) is 10.4. The maximum atomic E-state index is 14.3. The number of rotatable bonds is 7. The van der Waals surface area contributed by atoms with Crippen LogP contribution in [0, 0.1) is 0 Å². The van der Waals surface area contributed by atoms with Gasteiger partial charge in [0.25, 0.3) is 0 Å². The highest BCUT2D eigenvalue weighted by molar-refractivity contribution is 5.90. The molecule has 0 unspecified atom stereocenters. The molecule has 0 fully saturated rings. The van der Waals surface area contributed by atoms with Crippen LogP contribution in [0.3, 0.4) is 0 Å². The van der Waals surface area contributed by atoms with Crippen molar-refractivity contribution < 1.29 is 13.9 Å². The van der Waals surface area contributed by atoms with Gasteiger partial charge < -0.3 is 9.30 Å². The fourth-order valence-corrected chi connectivity index (χ4v) is 3.97. The molecule has 0 atom stereocenters. The van der Waals surface area contributed by atoms with Gasteiger partial charge >= 0.3 is 5.97 Å². The third-order valence-corrected chi connectivity index (χ3v) is 5.31. The molecule has 0 aliphatic heterocycles. The number of halogens is 1. The van der Waals surface area contributed by atoms with Crippen LogP contribution >= 0.6 is 0 Å². The summed E-state index contributed by atoms with van der Waals surface area (Å²) < 4.78 is 21.0. The maximum Gasteiger partial charge on any atom is 0.367 e. The summed E-state index contributed by atoms with van der Waals surface area (Å²) in [5, 5.41) is 0. The summed E-state index contributed by atoms with van der Waals surface area (Å²) in [7, 11) is 0. The van der Waals surface area contributed by atoms with E-state index in [-0.39, 0.29) is 6.61 Å². The van der Waals surface area contributed by atoms with Gasteiger partial charge in [-0.2, -0.15) is 4.39 Å². The molecule has 0 bridgehead atoms. The average Bonchev–Trinajstić information content (AvgIpc) is 3.30. The molecule has 3 aromatic carbocycles. The van der Waals surface area contributed by atoms with Crippen LogP contribution in [0.4, 0.5) is 4.39 Å². The van der Waals surface area contributed by atoms with Crippen molar-refractivity contribution in [3.05, 3.63) is 132 Å². The highest BCUT2D eigenvalue weighted by atomic mass is 19.1. The summed E-state index contributed by atoms with van der Waals surface area (Å²) in [5.41, 5.74) is 2.65. The molecule has 4 nitrogen and oxygen atoms in total. The van der Waals surface area contributed by atoms with Crippen molar-refractivity contribution in [2.45, 2.75) is 12.5 Å². The highest BCUT2D eigenvalue weighted by Crippen LogP contribution is 2.40. The summed E-state index contributed by atoms with van der Waals surface area (Å²) in [6.07, 6.45) is 4.50. The number of hydrogen-bond donors (Lipinski definition) is 0. The molecule has 160 valence electrons. The largest absolute Gasteiger partial charge is 0.461 e. The average molecular weight is 426 g/mol. The molecule has 0 saturated heterocycles. The fourth-order valence-electron chi connectivity index (χ4n) is 3.97. The van der Waals surface area contributed by atoms with Crippen molar-refractivity contribution in [3.8, 4) is 0 Å². The van der Waals surface area contributed by atoms with Gasteiger partial charge in [0.2, 0.25) is 5.83 Å². The second-order valence-electron chi connectivity index (χ2n) is 7.23. The lowest BCUT2D eigenvalue weighted by Crippen LogP contribution is -2.36. The van der Waals surface area contributed by atoms with Crippen LogP contribution < -0.4 is 0 Å². The van der Waals surface area contributed by atoms with E-state index in [1.165, 1.54) is 0 Å². The Morgan fingerprint density at radius 3 is 1.81 bits per heavy atom. The van der Waals surface area contributed by atoms with E-state index >= 15 is 0 Å². The molecule has 5 heteroatoms. The summed E-state index contributed by atoms with van der Waals surface area (Å²) in [6.45, 7) is 1.74. The third-order valence-electron chi connectivity index (χ3n) is 5.31.